The molecule has 17 heavy (non-hydrogen) atoms. The van der Waals surface area contributed by atoms with Crippen molar-refractivity contribution < 1.29 is 34.1 Å². The van der Waals surface area contributed by atoms with Gasteiger partial charge in [0.05, 0.1) is 13.2 Å². The Morgan fingerprint density at radius 2 is 1.53 bits per heavy atom. The number of carbonyl (C=O) groups excluding carboxylic acids is 3. The van der Waals surface area contributed by atoms with E-state index in [1.807, 2.05) is 0 Å². The fourth-order valence-electron chi connectivity index (χ4n) is 1.57. The van der Waals surface area contributed by atoms with Crippen molar-refractivity contribution >= 4 is 19.2 Å². The number of aldehydes is 1. The average Bonchev–Trinajstić information content (AvgIpc) is 2.33. The smallest absolute Gasteiger partial charge is 0.296 e. The minimum absolute atomic E-state index is 0.00271. The Morgan fingerprint density at radius 1 is 1.06 bits per heavy atom. The van der Waals surface area contributed by atoms with Crippen LogP contribution in [0.3, 0.4) is 0 Å². The van der Waals surface area contributed by atoms with Crippen molar-refractivity contribution in [2.75, 3.05) is 13.2 Å². The van der Waals surface area contributed by atoms with Crippen LogP contribution in [0, 0.1) is 5.41 Å². The van der Waals surface area contributed by atoms with Crippen molar-refractivity contribution in [3.63, 3.8) is 0 Å². The first kappa shape index (κ1) is 15.5. The molecule has 7 nitrogen and oxygen atoms in total. The molecule has 0 heterocycles. The van der Waals surface area contributed by atoms with Gasteiger partial charge in [0.25, 0.3) is 18.7 Å². The quantitative estimate of drug-likeness (QED) is 0.377. The van der Waals surface area contributed by atoms with Crippen LogP contribution < -0.4 is 0 Å². The van der Waals surface area contributed by atoms with E-state index in [9.17, 15) is 24.6 Å². The maximum absolute atomic E-state index is 11.0. The van der Waals surface area contributed by atoms with Crippen LogP contribution in [0.5, 0.6) is 0 Å². The van der Waals surface area contributed by atoms with Crippen molar-refractivity contribution in [3.05, 3.63) is 0 Å². The first-order chi connectivity index (χ1) is 8.11. The SMILES string of the molecule is CCCC(OC=O)(OC=O)C(C=O)(CO)CO. The predicted octanol–water partition coefficient (Wildman–Crippen LogP) is -1.00. The summed E-state index contributed by atoms with van der Waals surface area (Å²) in [6.45, 7) is 0.0518. The number of aliphatic hydroxyl groups excluding tert-OH is 2. The standard InChI is InChI=1S/C10H16O7/c1-2-3-10(16-7-14,17-8-15)9(4-11,5-12)6-13/h4,7-8,12-13H,2-3,5-6H2,1H3. The Balaban J connectivity index is 5.54. The normalized spacial score (nSPS) is 11.7. The summed E-state index contributed by atoms with van der Waals surface area (Å²) in [6.07, 6.45) is 0.595. The molecule has 0 aliphatic heterocycles. The summed E-state index contributed by atoms with van der Waals surface area (Å²) < 4.78 is 9.33. The molecular weight excluding hydrogens is 232 g/mol. The minimum atomic E-state index is -1.99. The lowest BCUT2D eigenvalue weighted by Gasteiger charge is -2.41. The van der Waals surface area contributed by atoms with Crippen molar-refractivity contribution in [1.29, 1.82) is 0 Å². The van der Waals surface area contributed by atoms with Gasteiger partial charge in [-0.1, -0.05) is 6.92 Å². The first-order valence-electron chi connectivity index (χ1n) is 5.03. The largest absolute Gasteiger partial charge is 0.423 e. The summed E-state index contributed by atoms with van der Waals surface area (Å²) in [5.41, 5.74) is -1.88. The van der Waals surface area contributed by atoms with Gasteiger partial charge in [-0.2, -0.15) is 0 Å². The lowest BCUT2D eigenvalue weighted by atomic mass is 9.79. The van der Waals surface area contributed by atoms with Crippen molar-refractivity contribution in [3.8, 4) is 0 Å². The Hall–Kier alpha value is -1.47. The fourth-order valence-corrected chi connectivity index (χ4v) is 1.57. The molecule has 0 atom stereocenters. The maximum Gasteiger partial charge on any atom is 0.296 e. The molecule has 0 radical (unpaired) electrons. The molecule has 0 spiro atoms. The second kappa shape index (κ2) is 6.97. The molecular formula is C10H16O7. The number of rotatable bonds is 10. The molecule has 0 aromatic carbocycles. The molecule has 0 saturated heterocycles. The van der Waals surface area contributed by atoms with Gasteiger partial charge in [0, 0.05) is 6.42 Å². The molecule has 0 aromatic rings. The van der Waals surface area contributed by atoms with Gasteiger partial charge < -0.3 is 24.5 Å². The maximum atomic E-state index is 11.0. The zero-order valence-electron chi connectivity index (χ0n) is 9.50. The molecule has 7 heteroatoms. The lowest BCUT2D eigenvalue weighted by molar-refractivity contribution is -0.265. The minimum Gasteiger partial charge on any atom is -0.423 e. The highest BCUT2D eigenvalue weighted by Gasteiger charge is 2.55. The summed E-state index contributed by atoms with van der Waals surface area (Å²) in [6, 6.07) is 0. The van der Waals surface area contributed by atoms with Gasteiger partial charge in [-0.05, 0) is 6.42 Å². The van der Waals surface area contributed by atoms with E-state index in [2.05, 4.69) is 9.47 Å². The molecule has 0 rings (SSSR count). The van der Waals surface area contributed by atoms with E-state index in [1.54, 1.807) is 6.92 Å². The molecule has 2 N–H and O–H groups in total. The van der Waals surface area contributed by atoms with Crippen molar-refractivity contribution in [2.45, 2.75) is 25.6 Å². The van der Waals surface area contributed by atoms with Gasteiger partial charge in [-0.15, -0.1) is 0 Å². The average molecular weight is 248 g/mol. The van der Waals surface area contributed by atoms with Crippen molar-refractivity contribution in [2.24, 2.45) is 5.41 Å². The van der Waals surface area contributed by atoms with Crippen LogP contribution in [0.2, 0.25) is 0 Å². The van der Waals surface area contributed by atoms with Crippen LogP contribution >= 0.6 is 0 Å². The monoisotopic (exact) mass is 248 g/mol. The van der Waals surface area contributed by atoms with Gasteiger partial charge in [0.15, 0.2) is 0 Å². The topological polar surface area (TPSA) is 110 Å². The van der Waals surface area contributed by atoms with Gasteiger partial charge in [-0.3, -0.25) is 9.59 Å². The lowest BCUT2D eigenvalue weighted by Crippen LogP contribution is -2.57. The molecule has 0 unspecified atom stereocenters. The van der Waals surface area contributed by atoms with Crippen LogP contribution in [-0.4, -0.2) is 48.4 Å². The number of ether oxygens (including phenoxy) is 2. The van der Waals surface area contributed by atoms with Gasteiger partial charge >= 0.3 is 0 Å². The van der Waals surface area contributed by atoms with E-state index in [0.717, 1.165) is 0 Å². The number of carbonyl (C=O) groups is 3. The summed E-state index contributed by atoms with van der Waals surface area (Å²) >= 11 is 0. The highest BCUT2D eigenvalue weighted by Crippen LogP contribution is 2.37. The van der Waals surface area contributed by atoms with Gasteiger partial charge in [0.2, 0.25) is 0 Å². The van der Waals surface area contributed by atoms with E-state index in [-0.39, 0.29) is 25.7 Å². The summed E-state index contributed by atoms with van der Waals surface area (Å²) in [4.78, 5) is 32.0. The van der Waals surface area contributed by atoms with E-state index in [4.69, 9.17) is 0 Å². The zero-order valence-corrected chi connectivity index (χ0v) is 9.50. The zero-order chi connectivity index (χ0) is 13.4. The number of hydrogen-bond donors (Lipinski definition) is 2. The second-order valence-corrected chi connectivity index (χ2v) is 3.52. The molecule has 98 valence electrons. The Labute approximate surface area is 98.3 Å². The summed E-state index contributed by atoms with van der Waals surface area (Å²) in [5, 5.41) is 18.4. The molecule has 0 aliphatic rings. The molecule has 0 amide bonds. The molecule has 0 fully saturated rings. The second-order valence-electron chi connectivity index (χ2n) is 3.52. The van der Waals surface area contributed by atoms with Gasteiger partial charge in [0.1, 0.15) is 11.7 Å². The first-order valence-corrected chi connectivity index (χ1v) is 5.03. The summed E-state index contributed by atoms with van der Waals surface area (Å²) in [7, 11) is 0. The number of aliphatic hydroxyl groups is 2. The van der Waals surface area contributed by atoms with Crippen LogP contribution in [0.15, 0.2) is 0 Å². The Morgan fingerprint density at radius 3 is 1.76 bits per heavy atom. The number of hydrogen-bond acceptors (Lipinski definition) is 7. The highest BCUT2D eigenvalue weighted by molar-refractivity contribution is 5.63. The van der Waals surface area contributed by atoms with Crippen molar-refractivity contribution in [1.82, 2.24) is 0 Å². The predicted molar refractivity (Wildman–Crippen MR) is 54.6 cm³/mol. The summed E-state index contributed by atoms with van der Waals surface area (Å²) in [5.74, 6) is -1.99. The third-order valence-electron chi connectivity index (χ3n) is 2.60. The van der Waals surface area contributed by atoms with Crippen LogP contribution in [-0.2, 0) is 23.9 Å². The Kier molecular flexibility index (Phi) is 6.37. The van der Waals surface area contributed by atoms with Crippen LogP contribution in [0.25, 0.3) is 0 Å². The molecule has 0 bridgehead atoms. The van der Waals surface area contributed by atoms with Crippen LogP contribution in [0.4, 0.5) is 0 Å². The van der Waals surface area contributed by atoms with E-state index < -0.39 is 24.4 Å². The fraction of sp³-hybridized carbons (Fsp3) is 0.700. The van der Waals surface area contributed by atoms with Gasteiger partial charge in [-0.25, -0.2) is 0 Å². The highest BCUT2D eigenvalue weighted by atomic mass is 16.7. The molecule has 0 aliphatic carbocycles. The van der Waals surface area contributed by atoms with Crippen LogP contribution in [0.1, 0.15) is 19.8 Å². The Bertz CT molecular complexity index is 249. The van der Waals surface area contributed by atoms with E-state index in [1.165, 1.54) is 0 Å². The third kappa shape index (κ3) is 2.80. The molecule has 0 aromatic heterocycles. The van der Waals surface area contributed by atoms with E-state index >= 15 is 0 Å². The third-order valence-corrected chi connectivity index (χ3v) is 2.60. The van der Waals surface area contributed by atoms with E-state index in [0.29, 0.717) is 6.42 Å². The molecule has 0 saturated carbocycles.